The number of nitrogen functional groups attached to an aromatic ring is 1. The summed E-state index contributed by atoms with van der Waals surface area (Å²) in [6.45, 7) is 0. The van der Waals surface area contributed by atoms with Gasteiger partial charge in [0.05, 0.1) is 68.8 Å². The lowest BCUT2D eigenvalue weighted by atomic mass is 10.1. The van der Waals surface area contributed by atoms with Gasteiger partial charge in [-0.3, -0.25) is 0 Å². The van der Waals surface area contributed by atoms with Gasteiger partial charge in [-0.15, -0.1) is 13.8 Å². The number of nitrogens with two attached hydrogens (primary N) is 1. The highest BCUT2D eigenvalue weighted by Gasteiger charge is 2.15. The van der Waals surface area contributed by atoms with Crippen LogP contribution in [0.25, 0.3) is 10.8 Å². The molecule has 18 heteroatoms. The standard InChI is InChI=1S/C34H25N9O7S2/c35-22-1-3-23(4-2-22)40-42-29-15-18-31-21(19-29)20-32(52-50-48-46)33(34(31)44)43-41-27-11-9-26(10-12-27)37-36-24-5-7-25(8-6-24)38-39-28-13-16-30(17-14-28)51-49-47-45/h1-20,44-46H,35H2. The van der Waals surface area contributed by atoms with Gasteiger partial charge in [0, 0.05) is 16.0 Å². The van der Waals surface area contributed by atoms with Gasteiger partial charge < -0.3 is 10.8 Å². The number of hydrogen-bond donors (Lipinski definition) is 4. The zero-order chi connectivity index (χ0) is 36.1. The first-order chi connectivity index (χ1) is 25.5. The maximum atomic E-state index is 11.1. The number of fused-ring (bicyclic) bond motifs is 1. The van der Waals surface area contributed by atoms with Crippen LogP contribution in [0.2, 0.25) is 0 Å². The van der Waals surface area contributed by atoms with Crippen molar-refractivity contribution in [3.05, 3.63) is 121 Å². The average molecular weight is 736 g/mol. The van der Waals surface area contributed by atoms with Gasteiger partial charge in [-0.2, -0.15) is 35.8 Å². The van der Waals surface area contributed by atoms with Crippen molar-refractivity contribution in [3.8, 4) is 5.75 Å². The fourth-order valence-corrected chi connectivity index (χ4v) is 5.25. The van der Waals surface area contributed by atoms with Crippen molar-refractivity contribution in [1.29, 1.82) is 0 Å². The molecule has 0 saturated carbocycles. The Morgan fingerprint density at radius 3 is 1.37 bits per heavy atom. The number of benzene rings is 6. The monoisotopic (exact) mass is 735 g/mol. The smallest absolute Gasteiger partial charge is 0.152 e. The van der Waals surface area contributed by atoms with Crippen molar-refractivity contribution in [2.75, 3.05) is 5.73 Å². The average Bonchev–Trinajstić information content (AvgIpc) is 3.18. The third kappa shape index (κ3) is 9.84. The van der Waals surface area contributed by atoms with Crippen LogP contribution in [0.15, 0.2) is 172 Å². The maximum Gasteiger partial charge on any atom is 0.152 e. The van der Waals surface area contributed by atoms with Crippen molar-refractivity contribution in [3.63, 3.8) is 0 Å². The van der Waals surface area contributed by atoms with Crippen molar-refractivity contribution in [2.24, 2.45) is 40.9 Å². The highest BCUT2D eigenvalue weighted by atomic mass is 32.2. The number of nitrogens with zero attached hydrogens (tertiary/aromatic N) is 8. The number of aromatic hydroxyl groups is 1. The Morgan fingerprint density at radius 1 is 0.462 bits per heavy atom. The van der Waals surface area contributed by atoms with Crippen LogP contribution in [-0.2, 0) is 18.7 Å². The number of rotatable bonds is 14. The van der Waals surface area contributed by atoms with Crippen LogP contribution in [0.3, 0.4) is 0 Å². The second kappa shape index (κ2) is 17.8. The van der Waals surface area contributed by atoms with Crippen LogP contribution in [0.1, 0.15) is 0 Å². The van der Waals surface area contributed by atoms with Crippen LogP contribution >= 0.6 is 24.1 Å². The predicted molar refractivity (Wildman–Crippen MR) is 194 cm³/mol. The van der Waals surface area contributed by atoms with Crippen molar-refractivity contribution < 1.29 is 34.4 Å². The number of azo groups is 4. The molecule has 0 heterocycles. The number of hydrogen-bond acceptors (Lipinski definition) is 18. The van der Waals surface area contributed by atoms with E-state index in [4.69, 9.17) is 16.2 Å². The largest absolute Gasteiger partial charge is 0.505 e. The summed E-state index contributed by atoms with van der Waals surface area (Å²) < 4.78 is 9.04. The molecule has 6 aromatic carbocycles. The summed E-state index contributed by atoms with van der Waals surface area (Å²) in [7, 11) is 0. The Balaban J connectivity index is 1.11. The molecule has 6 rings (SSSR count). The number of phenols is 1. The van der Waals surface area contributed by atoms with E-state index >= 15 is 0 Å². The minimum atomic E-state index is -0.167. The fourth-order valence-electron chi connectivity index (χ4n) is 4.40. The molecule has 0 unspecified atom stereocenters. The first-order valence-electron chi connectivity index (χ1n) is 14.9. The zero-order valence-electron chi connectivity index (χ0n) is 26.5. The van der Waals surface area contributed by atoms with Gasteiger partial charge in [0.2, 0.25) is 0 Å². The maximum absolute atomic E-state index is 11.1. The van der Waals surface area contributed by atoms with E-state index < -0.39 is 0 Å². The SMILES string of the molecule is Nc1ccc(N=Nc2ccc3c(O)c(N=Nc4ccc(N=Nc5ccc(N=Nc6ccc(SOOO)cc6)cc5)cc4)c(SOOO)cc3c2)cc1. The minimum absolute atomic E-state index is 0.0921. The molecule has 0 saturated heterocycles. The summed E-state index contributed by atoms with van der Waals surface area (Å²) in [5, 5.41) is 70.5. The summed E-state index contributed by atoms with van der Waals surface area (Å²) in [5.41, 5.74) is 10.5. The molecule has 16 nitrogen and oxygen atoms in total. The summed E-state index contributed by atoms with van der Waals surface area (Å²) >= 11 is 1.49. The molecule has 0 aliphatic heterocycles. The van der Waals surface area contributed by atoms with E-state index in [0.717, 1.165) is 12.0 Å². The van der Waals surface area contributed by atoms with E-state index in [2.05, 4.69) is 59.7 Å². The quantitative estimate of drug-likeness (QED) is 0.0272. The van der Waals surface area contributed by atoms with Gasteiger partial charge in [0.15, 0.2) is 5.75 Å². The first-order valence-corrected chi connectivity index (χ1v) is 16.4. The first kappa shape index (κ1) is 35.9. The van der Waals surface area contributed by atoms with E-state index in [1.54, 1.807) is 121 Å². The molecule has 0 fully saturated rings. The fraction of sp³-hybridized carbons (Fsp3) is 0. The minimum Gasteiger partial charge on any atom is -0.505 e. The molecule has 0 aliphatic carbocycles. The second-order valence-corrected chi connectivity index (χ2v) is 11.9. The molecule has 0 aromatic heterocycles. The Kier molecular flexibility index (Phi) is 12.3. The summed E-state index contributed by atoms with van der Waals surface area (Å²) in [5.74, 6) is -0.167. The van der Waals surface area contributed by atoms with Gasteiger partial charge in [-0.25, -0.2) is 10.5 Å². The lowest BCUT2D eigenvalue weighted by Crippen LogP contribution is -1.83. The lowest BCUT2D eigenvalue weighted by molar-refractivity contribution is -0.432. The molecule has 260 valence electrons. The molecular weight excluding hydrogens is 711 g/mol. The molecule has 0 bridgehead atoms. The van der Waals surface area contributed by atoms with E-state index in [0.29, 0.717) is 78.1 Å². The second-order valence-electron chi connectivity index (χ2n) is 10.3. The molecule has 52 heavy (non-hydrogen) atoms. The Hall–Kier alpha value is -5.96. The van der Waals surface area contributed by atoms with Crippen molar-refractivity contribution in [2.45, 2.75) is 9.79 Å². The Labute approximate surface area is 303 Å². The lowest BCUT2D eigenvalue weighted by Gasteiger charge is -2.09. The number of phenolic OH excluding ortho intramolecular Hbond substituents is 1. The van der Waals surface area contributed by atoms with E-state index in [1.165, 1.54) is 0 Å². The van der Waals surface area contributed by atoms with E-state index in [9.17, 15) is 5.11 Å². The summed E-state index contributed by atoms with van der Waals surface area (Å²) in [4.78, 5) is 1.02. The summed E-state index contributed by atoms with van der Waals surface area (Å²) in [6.07, 6.45) is 0. The van der Waals surface area contributed by atoms with Crippen LogP contribution in [-0.4, -0.2) is 15.6 Å². The van der Waals surface area contributed by atoms with Gasteiger partial charge >= 0.3 is 0 Å². The molecule has 0 atom stereocenters. The van der Waals surface area contributed by atoms with Crippen LogP contribution in [0, 0.1) is 0 Å². The van der Waals surface area contributed by atoms with E-state index in [1.807, 2.05) is 0 Å². The third-order valence-electron chi connectivity index (χ3n) is 6.89. The van der Waals surface area contributed by atoms with Gasteiger partial charge in [0.25, 0.3) is 0 Å². The molecule has 0 radical (unpaired) electrons. The van der Waals surface area contributed by atoms with Gasteiger partial charge in [-0.1, -0.05) is 10.1 Å². The zero-order valence-corrected chi connectivity index (χ0v) is 28.1. The van der Waals surface area contributed by atoms with Crippen LogP contribution in [0.4, 0.5) is 51.2 Å². The van der Waals surface area contributed by atoms with Gasteiger partial charge in [-0.05, 0) is 127 Å². The highest BCUT2D eigenvalue weighted by Crippen LogP contribution is 2.45. The predicted octanol–water partition coefficient (Wildman–Crippen LogP) is 12.6. The molecule has 0 spiro atoms. The number of anilines is 1. The molecule has 0 amide bonds. The van der Waals surface area contributed by atoms with Crippen molar-refractivity contribution >= 4 is 86.0 Å². The Bertz CT molecular complexity index is 2240. The van der Waals surface area contributed by atoms with Crippen molar-refractivity contribution in [1.82, 2.24) is 0 Å². The third-order valence-corrected chi connectivity index (χ3v) is 8.10. The normalized spacial score (nSPS) is 12.0. The molecule has 6 aromatic rings. The molecule has 5 N–H and O–H groups in total. The topological polar surface area (TPSA) is 223 Å². The molecular formula is C34H25N9O7S2. The summed E-state index contributed by atoms with van der Waals surface area (Å²) in [6, 6.07) is 34.6. The Morgan fingerprint density at radius 2 is 0.865 bits per heavy atom. The van der Waals surface area contributed by atoms with E-state index in [-0.39, 0.29) is 11.4 Å². The van der Waals surface area contributed by atoms with Gasteiger partial charge in [0.1, 0.15) is 5.69 Å². The highest BCUT2D eigenvalue weighted by molar-refractivity contribution is 7.94. The van der Waals surface area contributed by atoms with Crippen LogP contribution < -0.4 is 5.73 Å². The molecule has 0 aliphatic rings. The van der Waals surface area contributed by atoms with Crippen LogP contribution in [0.5, 0.6) is 5.75 Å².